The third kappa shape index (κ3) is 5.74. The summed E-state index contributed by atoms with van der Waals surface area (Å²) < 4.78 is 10.8. The molecular formula is C21H20N2O4. The molecule has 6 nitrogen and oxygen atoms in total. The van der Waals surface area contributed by atoms with Crippen molar-refractivity contribution in [3.05, 3.63) is 89.9 Å². The van der Waals surface area contributed by atoms with Crippen molar-refractivity contribution in [2.75, 3.05) is 6.54 Å². The van der Waals surface area contributed by atoms with Crippen LogP contribution in [-0.2, 0) is 17.9 Å². The molecule has 2 N–H and O–H groups in total. The Morgan fingerprint density at radius 2 is 1.67 bits per heavy atom. The molecule has 3 aromatic rings. The lowest BCUT2D eigenvalue weighted by molar-refractivity contribution is -0.120. The summed E-state index contributed by atoms with van der Waals surface area (Å²) in [6.45, 7) is 0.642. The van der Waals surface area contributed by atoms with E-state index in [2.05, 4.69) is 10.6 Å². The Morgan fingerprint density at radius 1 is 0.889 bits per heavy atom. The molecule has 0 atom stereocenters. The van der Waals surface area contributed by atoms with Gasteiger partial charge in [-0.25, -0.2) is 0 Å². The lowest BCUT2D eigenvalue weighted by atomic mass is 10.2. The quantitative estimate of drug-likeness (QED) is 0.644. The van der Waals surface area contributed by atoms with Gasteiger partial charge in [-0.3, -0.25) is 9.59 Å². The number of carbonyl (C=O) groups is 2. The third-order valence-corrected chi connectivity index (χ3v) is 3.81. The fourth-order valence-electron chi connectivity index (χ4n) is 2.37. The number of benzene rings is 2. The molecule has 0 saturated carbocycles. The minimum absolute atomic E-state index is 0.105. The second kappa shape index (κ2) is 9.24. The van der Waals surface area contributed by atoms with Crippen molar-refractivity contribution in [2.45, 2.75) is 13.2 Å². The zero-order valence-electron chi connectivity index (χ0n) is 14.7. The molecule has 1 aromatic heterocycles. The number of nitrogens with one attached hydrogen (secondary N) is 2. The van der Waals surface area contributed by atoms with Crippen LogP contribution >= 0.6 is 0 Å². The summed E-state index contributed by atoms with van der Waals surface area (Å²) in [6, 6.07) is 20.1. The van der Waals surface area contributed by atoms with Gasteiger partial charge in [-0.1, -0.05) is 30.3 Å². The van der Waals surface area contributed by atoms with E-state index in [1.807, 2.05) is 30.3 Å². The molecule has 1 heterocycles. The van der Waals surface area contributed by atoms with Crippen molar-refractivity contribution in [1.82, 2.24) is 10.6 Å². The predicted octanol–water partition coefficient (Wildman–Crippen LogP) is 2.90. The van der Waals surface area contributed by atoms with Crippen LogP contribution in [0, 0.1) is 0 Å². The molecule has 0 aliphatic rings. The molecule has 2 amide bonds. The maximum Gasteiger partial charge on any atom is 0.251 e. The zero-order chi connectivity index (χ0) is 18.9. The van der Waals surface area contributed by atoms with Gasteiger partial charge in [0, 0.05) is 5.56 Å². The average Bonchev–Trinajstić information content (AvgIpc) is 3.24. The van der Waals surface area contributed by atoms with Crippen LogP contribution in [0.5, 0.6) is 5.75 Å². The van der Waals surface area contributed by atoms with Crippen LogP contribution in [0.1, 0.15) is 21.7 Å². The number of rotatable bonds is 8. The summed E-state index contributed by atoms with van der Waals surface area (Å²) in [4.78, 5) is 23.9. The molecule has 3 rings (SSSR count). The number of carbonyl (C=O) groups excluding carboxylic acids is 2. The second-order valence-electron chi connectivity index (χ2n) is 5.84. The molecule has 138 valence electrons. The van der Waals surface area contributed by atoms with E-state index in [0.29, 0.717) is 23.7 Å². The molecule has 0 bridgehead atoms. The monoisotopic (exact) mass is 364 g/mol. The van der Waals surface area contributed by atoms with Crippen LogP contribution in [-0.4, -0.2) is 18.4 Å². The maximum absolute atomic E-state index is 12.1. The van der Waals surface area contributed by atoms with Crippen molar-refractivity contribution >= 4 is 11.8 Å². The van der Waals surface area contributed by atoms with Gasteiger partial charge in [0.1, 0.15) is 18.1 Å². The molecule has 6 heteroatoms. The summed E-state index contributed by atoms with van der Waals surface area (Å²) >= 11 is 0. The highest BCUT2D eigenvalue weighted by Crippen LogP contribution is 2.14. The van der Waals surface area contributed by atoms with Crippen molar-refractivity contribution < 1.29 is 18.7 Å². The van der Waals surface area contributed by atoms with E-state index >= 15 is 0 Å². The Hall–Kier alpha value is -3.54. The largest absolute Gasteiger partial charge is 0.489 e. The number of hydrogen-bond donors (Lipinski definition) is 2. The van der Waals surface area contributed by atoms with Crippen LogP contribution in [0.25, 0.3) is 0 Å². The van der Waals surface area contributed by atoms with E-state index in [9.17, 15) is 9.59 Å². The van der Waals surface area contributed by atoms with Crippen LogP contribution < -0.4 is 15.4 Å². The Morgan fingerprint density at radius 3 is 2.37 bits per heavy atom. The number of hydrogen-bond acceptors (Lipinski definition) is 4. The van der Waals surface area contributed by atoms with E-state index in [4.69, 9.17) is 9.15 Å². The van der Waals surface area contributed by atoms with Gasteiger partial charge in [0.2, 0.25) is 5.91 Å². The molecule has 0 fully saturated rings. The minimum Gasteiger partial charge on any atom is -0.489 e. The fourth-order valence-corrected chi connectivity index (χ4v) is 2.37. The van der Waals surface area contributed by atoms with E-state index in [1.165, 1.54) is 6.26 Å². The Bertz CT molecular complexity index is 859. The smallest absolute Gasteiger partial charge is 0.251 e. The van der Waals surface area contributed by atoms with Crippen molar-refractivity contribution in [1.29, 1.82) is 0 Å². The maximum atomic E-state index is 12.1. The van der Waals surface area contributed by atoms with Crippen molar-refractivity contribution in [2.24, 2.45) is 0 Å². The first-order chi connectivity index (χ1) is 13.2. The Labute approximate surface area is 157 Å². The lowest BCUT2D eigenvalue weighted by Gasteiger charge is -2.08. The molecular weight excluding hydrogens is 344 g/mol. The normalized spacial score (nSPS) is 10.2. The van der Waals surface area contributed by atoms with Gasteiger partial charge in [-0.15, -0.1) is 0 Å². The fraction of sp³-hybridized carbons (Fsp3) is 0.143. The first kappa shape index (κ1) is 18.3. The average molecular weight is 364 g/mol. The van der Waals surface area contributed by atoms with E-state index in [0.717, 1.165) is 5.56 Å². The first-order valence-corrected chi connectivity index (χ1v) is 8.55. The summed E-state index contributed by atoms with van der Waals surface area (Å²) in [5.41, 5.74) is 1.53. The van der Waals surface area contributed by atoms with Gasteiger partial charge >= 0.3 is 0 Å². The summed E-state index contributed by atoms with van der Waals surface area (Å²) in [7, 11) is 0. The van der Waals surface area contributed by atoms with E-state index in [1.54, 1.807) is 36.4 Å². The molecule has 0 aliphatic heterocycles. The zero-order valence-corrected chi connectivity index (χ0v) is 14.7. The minimum atomic E-state index is -0.322. The van der Waals surface area contributed by atoms with Crippen molar-refractivity contribution in [3.8, 4) is 5.75 Å². The Kier molecular flexibility index (Phi) is 6.25. The Balaban J connectivity index is 1.42. The predicted molar refractivity (Wildman–Crippen MR) is 100 cm³/mol. The SMILES string of the molecule is O=C(CNC(=O)c1ccc(OCc2ccccc2)cc1)NCc1ccco1. The lowest BCUT2D eigenvalue weighted by Crippen LogP contribution is -2.36. The van der Waals surface area contributed by atoms with Crippen LogP contribution in [0.15, 0.2) is 77.4 Å². The van der Waals surface area contributed by atoms with Gasteiger partial charge < -0.3 is 19.8 Å². The molecule has 0 radical (unpaired) electrons. The van der Waals surface area contributed by atoms with Crippen LogP contribution in [0.2, 0.25) is 0 Å². The van der Waals surface area contributed by atoms with Gasteiger partial charge in [0.15, 0.2) is 0 Å². The van der Waals surface area contributed by atoms with Crippen LogP contribution in [0.3, 0.4) is 0 Å². The third-order valence-electron chi connectivity index (χ3n) is 3.81. The van der Waals surface area contributed by atoms with Crippen molar-refractivity contribution in [3.63, 3.8) is 0 Å². The highest BCUT2D eigenvalue weighted by Gasteiger charge is 2.08. The highest BCUT2D eigenvalue weighted by atomic mass is 16.5. The standard InChI is InChI=1S/C21H20N2O4/c24-20(22-13-19-7-4-12-26-19)14-23-21(25)17-8-10-18(11-9-17)27-15-16-5-2-1-3-6-16/h1-12H,13-15H2,(H,22,24)(H,23,25). The van der Waals surface area contributed by atoms with Gasteiger partial charge in [-0.05, 0) is 42.0 Å². The highest BCUT2D eigenvalue weighted by molar-refractivity contribution is 5.96. The molecule has 27 heavy (non-hydrogen) atoms. The summed E-state index contributed by atoms with van der Waals surface area (Å²) in [5, 5.41) is 5.25. The summed E-state index contributed by atoms with van der Waals surface area (Å²) in [5.74, 6) is 0.715. The van der Waals surface area contributed by atoms with Crippen LogP contribution in [0.4, 0.5) is 0 Å². The summed E-state index contributed by atoms with van der Waals surface area (Å²) in [6.07, 6.45) is 1.54. The van der Waals surface area contributed by atoms with E-state index in [-0.39, 0.29) is 24.9 Å². The van der Waals surface area contributed by atoms with Gasteiger partial charge in [0.25, 0.3) is 5.91 Å². The molecule has 0 spiro atoms. The molecule has 2 aromatic carbocycles. The molecule has 0 aliphatic carbocycles. The van der Waals surface area contributed by atoms with Gasteiger partial charge in [-0.2, -0.15) is 0 Å². The first-order valence-electron chi connectivity index (χ1n) is 8.55. The molecule has 0 unspecified atom stereocenters. The molecule has 0 saturated heterocycles. The second-order valence-corrected chi connectivity index (χ2v) is 5.84. The topological polar surface area (TPSA) is 80.6 Å². The van der Waals surface area contributed by atoms with E-state index < -0.39 is 0 Å². The number of furan rings is 1. The number of ether oxygens (including phenoxy) is 1. The number of amides is 2. The van der Waals surface area contributed by atoms with Gasteiger partial charge in [0.05, 0.1) is 19.4 Å².